The molecule has 0 radical (unpaired) electrons. The van der Waals surface area contributed by atoms with Crippen LogP contribution >= 0.6 is 0 Å². The summed E-state index contributed by atoms with van der Waals surface area (Å²) in [6, 6.07) is 3.10. The number of aryl methyl sites for hydroxylation is 1. The number of pyridine rings is 1. The number of aromatic nitrogens is 2. The van der Waals surface area contributed by atoms with E-state index in [-0.39, 0.29) is 17.9 Å². The van der Waals surface area contributed by atoms with Crippen molar-refractivity contribution in [1.29, 1.82) is 0 Å². The van der Waals surface area contributed by atoms with Crippen LogP contribution in [0.5, 0.6) is 5.75 Å². The van der Waals surface area contributed by atoms with Gasteiger partial charge in [-0.3, -0.25) is 4.98 Å². The van der Waals surface area contributed by atoms with Gasteiger partial charge in [0.25, 0.3) is 0 Å². The van der Waals surface area contributed by atoms with E-state index in [1.54, 1.807) is 13.0 Å². The number of ether oxygens (including phenoxy) is 1. The van der Waals surface area contributed by atoms with Crippen molar-refractivity contribution in [2.24, 2.45) is 0 Å². The third-order valence-corrected chi connectivity index (χ3v) is 2.07. The maximum absolute atomic E-state index is 10.9. The van der Waals surface area contributed by atoms with Crippen molar-refractivity contribution >= 4 is 5.97 Å². The SMILES string of the molecule is Cc1cc(COc2cnccc2C(=O)O)no1. The molecule has 0 atom stereocenters. The van der Waals surface area contributed by atoms with Crippen LogP contribution in [-0.2, 0) is 6.61 Å². The Balaban J connectivity index is 2.11. The predicted molar refractivity (Wildman–Crippen MR) is 56.8 cm³/mol. The molecule has 0 saturated carbocycles. The molecule has 0 aliphatic carbocycles. The standard InChI is InChI=1S/C11H10N2O4/c1-7-4-8(13-17-7)6-16-10-5-12-3-2-9(10)11(14)15/h2-5H,6H2,1H3,(H,14,15). The van der Waals surface area contributed by atoms with Gasteiger partial charge in [0, 0.05) is 12.3 Å². The van der Waals surface area contributed by atoms with Crippen molar-refractivity contribution in [3.05, 3.63) is 41.5 Å². The van der Waals surface area contributed by atoms with Gasteiger partial charge in [0.2, 0.25) is 0 Å². The smallest absolute Gasteiger partial charge is 0.339 e. The zero-order valence-corrected chi connectivity index (χ0v) is 9.08. The number of nitrogens with zero attached hydrogens (tertiary/aromatic N) is 2. The zero-order chi connectivity index (χ0) is 12.3. The number of carboxylic acids is 1. The van der Waals surface area contributed by atoms with E-state index >= 15 is 0 Å². The van der Waals surface area contributed by atoms with E-state index in [0.717, 1.165) is 0 Å². The molecule has 0 bridgehead atoms. The molecule has 0 unspecified atom stereocenters. The number of carboxylic acid groups (broad SMARTS) is 1. The summed E-state index contributed by atoms with van der Waals surface area (Å²) in [6.07, 6.45) is 2.76. The lowest BCUT2D eigenvalue weighted by Gasteiger charge is -2.05. The molecule has 0 aromatic carbocycles. The molecule has 6 heteroatoms. The van der Waals surface area contributed by atoms with Crippen molar-refractivity contribution in [1.82, 2.24) is 10.1 Å². The maximum atomic E-state index is 10.9. The van der Waals surface area contributed by atoms with Crippen LogP contribution in [0.15, 0.2) is 29.0 Å². The Hall–Kier alpha value is -2.37. The monoisotopic (exact) mass is 234 g/mol. The number of hydrogen-bond donors (Lipinski definition) is 1. The summed E-state index contributed by atoms with van der Waals surface area (Å²) >= 11 is 0. The van der Waals surface area contributed by atoms with Gasteiger partial charge in [-0.2, -0.15) is 0 Å². The fraction of sp³-hybridized carbons (Fsp3) is 0.182. The average molecular weight is 234 g/mol. The van der Waals surface area contributed by atoms with Gasteiger partial charge in [0.05, 0.1) is 6.20 Å². The molecular weight excluding hydrogens is 224 g/mol. The first-order chi connectivity index (χ1) is 8.16. The Kier molecular flexibility index (Phi) is 3.04. The second kappa shape index (κ2) is 4.65. The quantitative estimate of drug-likeness (QED) is 0.865. The molecule has 1 N–H and O–H groups in total. The van der Waals surface area contributed by atoms with Gasteiger partial charge >= 0.3 is 5.97 Å². The van der Waals surface area contributed by atoms with Gasteiger partial charge in [-0.1, -0.05) is 5.16 Å². The first-order valence-corrected chi connectivity index (χ1v) is 4.89. The van der Waals surface area contributed by atoms with E-state index in [2.05, 4.69) is 10.1 Å². The highest BCUT2D eigenvalue weighted by Gasteiger charge is 2.11. The number of aromatic carboxylic acids is 1. The normalized spacial score (nSPS) is 10.2. The molecule has 0 fully saturated rings. The van der Waals surface area contributed by atoms with Crippen molar-refractivity contribution in [3.8, 4) is 5.75 Å². The fourth-order valence-electron chi connectivity index (χ4n) is 1.31. The molecule has 0 aliphatic rings. The molecular formula is C11H10N2O4. The van der Waals surface area contributed by atoms with Crippen molar-refractivity contribution in [2.75, 3.05) is 0 Å². The highest BCUT2D eigenvalue weighted by atomic mass is 16.5. The van der Waals surface area contributed by atoms with E-state index < -0.39 is 5.97 Å². The van der Waals surface area contributed by atoms with Crippen LogP contribution < -0.4 is 4.74 Å². The molecule has 2 aromatic heterocycles. The van der Waals surface area contributed by atoms with Crippen molar-refractivity contribution in [3.63, 3.8) is 0 Å². The molecule has 2 rings (SSSR count). The molecule has 2 heterocycles. The van der Waals surface area contributed by atoms with Crippen LogP contribution in [0, 0.1) is 6.92 Å². The first kappa shape index (κ1) is 11.1. The molecule has 0 amide bonds. The minimum absolute atomic E-state index is 0.0696. The summed E-state index contributed by atoms with van der Waals surface area (Å²) in [6.45, 7) is 1.91. The topological polar surface area (TPSA) is 85.5 Å². The number of rotatable bonds is 4. The van der Waals surface area contributed by atoms with Crippen LogP contribution in [0.3, 0.4) is 0 Å². The average Bonchev–Trinajstić information content (AvgIpc) is 2.73. The summed E-state index contributed by atoms with van der Waals surface area (Å²) < 4.78 is 10.2. The number of hydrogen-bond acceptors (Lipinski definition) is 5. The van der Waals surface area contributed by atoms with E-state index in [9.17, 15) is 4.79 Å². The van der Waals surface area contributed by atoms with Crippen molar-refractivity contribution < 1.29 is 19.2 Å². The predicted octanol–water partition coefficient (Wildman–Crippen LogP) is 1.66. The molecule has 0 spiro atoms. The highest BCUT2D eigenvalue weighted by molar-refractivity contribution is 5.90. The van der Waals surface area contributed by atoms with Crippen LogP contribution in [0.25, 0.3) is 0 Å². The maximum Gasteiger partial charge on any atom is 0.339 e. The fourth-order valence-corrected chi connectivity index (χ4v) is 1.31. The Morgan fingerprint density at radius 3 is 3.06 bits per heavy atom. The van der Waals surface area contributed by atoms with E-state index in [0.29, 0.717) is 11.5 Å². The lowest BCUT2D eigenvalue weighted by Crippen LogP contribution is -2.03. The second-order valence-electron chi connectivity index (χ2n) is 3.39. The van der Waals surface area contributed by atoms with Gasteiger partial charge in [-0.05, 0) is 13.0 Å². The van der Waals surface area contributed by atoms with Gasteiger partial charge in [-0.25, -0.2) is 4.79 Å². The Labute approximate surface area is 96.8 Å². The lowest BCUT2D eigenvalue weighted by molar-refractivity contribution is 0.0691. The third-order valence-electron chi connectivity index (χ3n) is 2.07. The van der Waals surface area contributed by atoms with E-state index in [1.807, 2.05) is 0 Å². The summed E-state index contributed by atoms with van der Waals surface area (Å²) in [5, 5.41) is 12.7. The highest BCUT2D eigenvalue weighted by Crippen LogP contribution is 2.17. The third kappa shape index (κ3) is 2.60. The Bertz CT molecular complexity index is 536. The Morgan fingerprint density at radius 1 is 1.59 bits per heavy atom. The summed E-state index contributed by atoms with van der Waals surface area (Å²) in [5.41, 5.74) is 0.669. The molecule has 0 aliphatic heterocycles. The Morgan fingerprint density at radius 2 is 2.41 bits per heavy atom. The summed E-state index contributed by atoms with van der Waals surface area (Å²) in [7, 11) is 0. The first-order valence-electron chi connectivity index (χ1n) is 4.89. The van der Waals surface area contributed by atoms with Crippen LogP contribution in [-0.4, -0.2) is 21.2 Å². The lowest BCUT2D eigenvalue weighted by atomic mass is 10.2. The van der Waals surface area contributed by atoms with E-state index in [4.69, 9.17) is 14.4 Å². The molecule has 0 saturated heterocycles. The van der Waals surface area contributed by atoms with Crippen LogP contribution in [0.2, 0.25) is 0 Å². The van der Waals surface area contributed by atoms with Gasteiger partial charge in [0.15, 0.2) is 5.75 Å². The van der Waals surface area contributed by atoms with E-state index in [1.165, 1.54) is 18.5 Å². The van der Waals surface area contributed by atoms with Gasteiger partial charge in [0.1, 0.15) is 23.6 Å². The zero-order valence-electron chi connectivity index (χ0n) is 9.08. The van der Waals surface area contributed by atoms with Gasteiger partial charge in [-0.15, -0.1) is 0 Å². The molecule has 6 nitrogen and oxygen atoms in total. The summed E-state index contributed by atoms with van der Waals surface area (Å²) in [4.78, 5) is 14.7. The number of carbonyl (C=O) groups is 1. The largest absolute Gasteiger partial charge is 0.485 e. The minimum Gasteiger partial charge on any atom is -0.485 e. The van der Waals surface area contributed by atoms with Gasteiger partial charge < -0.3 is 14.4 Å². The molecule has 88 valence electrons. The summed E-state index contributed by atoms with van der Waals surface area (Å²) in [5.74, 6) is -0.173. The van der Waals surface area contributed by atoms with Crippen LogP contribution in [0.4, 0.5) is 0 Å². The molecule has 17 heavy (non-hydrogen) atoms. The van der Waals surface area contributed by atoms with Crippen molar-refractivity contribution in [2.45, 2.75) is 13.5 Å². The second-order valence-corrected chi connectivity index (χ2v) is 3.39. The molecule has 2 aromatic rings. The minimum atomic E-state index is -1.06. The van der Waals surface area contributed by atoms with Crippen LogP contribution in [0.1, 0.15) is 21.8 Å².